The summed E-state index contributed by atoms with van der Waals surface area (Å²) in [5, 5.41) is 11.9. The van der Waals surface area contributed by atoms with Crippen molar-refractivity contribution < 1.29 is 23.7 Å². The highest BCUT2D eigenvalue weighted by Crippen LogP contribution is 2.41. The third kappa shape index (κ3) is 5.78. The Morgan fingerprint density at radius 2 is 1.69 bits per heavy atom. The maximum Gasteiger partial charge on any atom is 0.255 e. The van der Waals surface area contributed by atoms with Crippen molar-refractivity contribution in [2.45, 2.75) is 19.6 Å². The highest BCUT2D eigenvalue weighted by molar-refractivity contribution is 6.35. The lowest BCUT2D eigenvalue weighted by atomic mass is 9.94. The topological polar surface area (TPSA) is 109 Å². The molecule has 0 fully saturated rings. The number of allylic oxidation sites excluding steroid dienone is 1. The first kappa shape index (κ1) is 29.4. The Morgan fingerprint density at radius 3 is 2.40 bits per heavy atom. The lowest BCUT2D eigenvalue weighted by Gasteiger charge is -2.29. The van der Waals surface area contributed by atoms with Crippen molar-refractivity contribution >= 4 is 52.3 Å². The van der Waals surface area contributed by atoms with Crippen molar-refractivity contribution in [3.8, 4) is 23.0 Å². The zero-order valence-corrected chi connectivity index (χ0v) is 25.3. The second-order valence-electron chi connectivity index (χ2n) is 9.17. The molecular weight excluding hydrogens is 605 g/mol. The molecule has 5 rings (SSSR count). The molecule has 0 spiro atoms. The summed E-state index contributed by atoms with van der Waals surface area (Å²) in [6.45, 7) is 2.00. The predicted molar refractivity (Wildman–Crippen MR) is 161 cm³/mol. The van der Waals surface area contributed by atoms with Crippen LogP contribution in [-0.4, -0.2) is 42.0 Å². The summed E-state index contributed by atoms with van der Waals surface area (Å²) in [6, 6.07) is 13.1. The first-order valence-corrected chi connectivity index (χ1v) is 13.7. The van der Waals surface area contributed by atoms with E-state index in [-0.39, 0.29) is 6.61 Å². The maximum atomic E-state index is 13.9. The fraction of sp³-hybridized carbons (Fsp3) is 0.207. The molecule has 0 saturated carbocycles. The average Bonchev–Trinajstić information content (AvgIpc) is 3.44. The Labute approximate surface area is 257 Å². The van der Waals surface area contributed by atoms with E-state index in [1.807, 2.05) is 6.07 Å². The number of methoxy groups -OCH3 is 3. The van der Waals surface area contributed by atoms with E-state index >= 15 is 0 Å². The molecule has 1 aromatic heterocycles. The predicted octanol–water partition coefficient (Wildman–Crippen LogP) is 6.77. The van der Waals surface area contributed by atoms with E-state index < -0.39 is 11.9 Å². The number of halogens is 3. The number of aromatic nitrogens is 3. The number of rotatable bonds is 9. The van der Waals surface area contributed by atoms with Crippen LogP contribution in [0, 0.1) is 0 Å². The third-order valence-electron chi connectivity index (χ3n) is 6.66. The van der Waals surface area contributed by atoms with E-state index in [1.165, 1.54) is 20.5 Å². The molecule has 42 heavy (non-hydrogen) atoms. The number of benzene rings is 3. The van der Waals surface area contributed by atoms with Gasteiger partial charge in [-0.25, -0.2) is 4.68 Å². The largest absolute Gasteiger partial charge is 0.495 e. The van der Waals surface area contributed by atoms with Gasteiger partial charge < -0.3 is 29.6 Å². The lowest BCUT2D eigenvalue weighted by Crippen LogP contribution is -2.31. The van der Waals surface area contributed by atoms with Crippen LogP contribution in [-0.2, 0) is 11.4 Å². The Balaban J connectivity index is 1.49. The van der Waals surface area contributed by atoms with Crippen LogP contribution in [0.25, 0.3) is 0 Å². The highest BCUT2D eigenvalue weighted by Gasteiger charge is 2.34. The van der Waals surface area contributed by atoms with Gasteiger partial charge in [0, 0.05) is 33.4 Å². The molecule has 1 atom stereocenters. The summed E-state index contributed by atoms with van der Waals surface area (Å²) in [6.07, 6.45) is 1.42. The zero-order chi connectivity index (χ0) is 30.0. The molecule has 13 heteroatoms. The number of carbonyl (C=O) groups is 1. The molecule has 2 N–H and O–H groups in total. The van der Waals surface area contributed by atoms with E-state index in [4.69, 9.17) is 53.8 Å². The summed E-state index contributed by atoms with van der Waals surface area (Å²) in [5.74, 6) is 1.79. The van der Waals surface area contributed by atoms with E-state index in [2.05, 4.69) is 20.7 Å². The van der Waals surface area contributed by atoms with Gasteiger partial charge in [-0.3, -0.25) is 4.79 Å². The molecule has 4 aromatic rings. The SMILES string of the molecule is COc1cc(NC(=O)C2=C(C)Nc3ncnn3[C@@H]2c2ccc(OCc3ccc(Cl)cc3Cl)c(OC)c2)c(OC)cc1Cl. The standard InChI is InChI=1S/C29H26Cl3N5O5/c1-15-26(28(38)36-21-12-23(39-2)20(32)11-24(21)40-3)27(37-29(35-15)33-14-34-37)16-6-8-22(25(9-16)41-4)42-13-17-5-7-18(30)10-19(17)31/h5-12,14,27H,13H2,1-4H3,(H,36,38)(H,33,34,35)/t27-/m1/s1. The van der Waals surface area contributed by atoms with Crippen molar-refractivity contribution in [1.29, 1.82) is 0 Å². The smallest absolute Gasteiger partial charge is 0.255 e. The molecule has 1 amide bonds. The molecule has 0 aliphatic carbocycles. The van der Waals surface area contributed by atoms with Gasteiger partial charge in [-0.1, -0.05) is 46.9 Å². The fourth-order valence-corrected chi connectivity index (χ4v) is 5.30. The fourth-order valence-electron chi connectivity index (χ4n) is 4.61. The van der Waals surface area contributed by atoms with E-state index in [0.717, 1.165) is 5.56 Å². The lowest BCUT2D eigenvalue weighted by molar-refractivity contribution is -0.113. The summed E-state index contributed by atoms with van der Waals surface area (Å²) >= 11 is 18.6. The normalized spacial score (nSPS) is 14.1. The zero-order valence-electron chi connectivity index (χ0n) is 23.0. The number of carbonyl (C=O) groups excluding carboxylic acids is 1. The summed E-state index contributed by atoms with van der Waals surface area (Å²) in [7, 11) is 4.52. The van der Waals surface area contributed by atoms with Crippen LogP contribution in [0.4, 0.5) is 11.6 Å². The van der Waals surface area contributed by atoms with Gasteiger partial charge in [-0.2, -0.15) is 10.1 Å². The van der Waals surface area contributed by atoms with Crippen LogP contribution in [0.15, 0.2) is 66.1 Å². The molecular formula is C29H26Cl3N5O5. The number of amides is 1. The first-order chi connectivity index (χ1) is 20.2. The minimum Gasteiger partial charge on any atom is -0.495 e. The van der Waals surface area contributed by atoms with E-state index in [9.17, 15) is 4.79 Å². The maximum absolute atomic E-state index is 13.9. The molecule has 0 bridgehead atoms. The van der Waals surface area contributed by atoms with Crippen molar-refractivity contribution in [3.63, 3.8) is 0 Å². The minimum atomic E-state index is -0.655. The Hall–Kier alpha value is -4.12. The quantitative estimate of drug-likeness (QED) is 0.209. The van der Waals surface area contributed by atoms with Crippen molar-refractivity contribution in [2.75, 3.05) is 32.0 Å². The number of hydrogen-bond donors (Lipinski definition) is 2. The van der Waals surface area contributed by atoms with Gasteiger partial charge in [-0.15, -0.1) is 0 Å². The highest BCUT2D eigenvalue weighted by atomic mass is 35.5. The molecule has 3 aromatic carbocycles. The monoisotopic (exact) mass is 629 g/mol. The number of hydrogen-bond acceptors (Lipinski definition) is 8. The molecule has 2 heterocycles. The number of fused-ring (bicyclic) bond motifs is 1. The molecule has 1 aliphatic rings. The Morgan fingerprint density at radius 1 is 0.929 bits per heavy atom. The first-order valence-electron chi connectivity index (χ1n) is 12.6. The van der Waals surface area contributed by atoms with Crippen LogP contribution < -0.4 is 29.6 Å². The molecule has 0 saturated heterocycles. The minimum absolute atomic E-state index is 0.200. The summed E-state index contributed by atoms with van der Waals surface area (Å²) in [5.41, 5.74) is 2.85. The average molecular weight is 631 g/mol. The van der Waals surface area contributed by atoms with Gasteiger partial charge in [0.1, 0.15) is 30.5 Å². The molecule has 0 radical (unpaired) electrons. The Bertz CT molecular complexity index is 1690. The van der Waals surface area contributed by atoms with Crippen molar-refractivity contribution in [1.82, 2.24) is 14.8 Å². The third-order valence-corrected chi connectivity index (χ3v) is 7.55. The van der Waals surface area contributed by atoms with Crippen LogP contribution in [0.2, 0.25) is 15.1 Å². The van der Waals surface area contributed by atoms with Gasteiger partial charge in [-0.05, 0) is 36.8 Å². The molecule has 1 aliphatic heterocycles. The van der Waals surface area contributed by atoms with Crippen LogP contribution in [0.1, 0.15) is 24.1 Å². The van der Waals surface area contributed by atoms with Gasteiger partial charge in [0.15, 0.2) is 11.5 Å². The Kier molecular flexibility index (Phi) is 8.67. The van der Waals surface area contributed by atoms with Crippen LogP contribution in [0.5, 0.6) is 23.0 Å². The van der Waals surface area contributed by atoms with Gasteiger partial charge in [0.25, 0.3) is 5.91 Å². The van der Waals surface area contributed by atoms with E-state index in [1.54, 1.807) is 61.2 Å². The van der Waals surface area contributed by atoms with Gasteiger partial charge in [0.05, 0.1) is 37.6 Å². The second-order valence-corrected chi connectivity index (χ2v) is 10.4. The van der Waals surface area contributed by atoms with Crippen LogP contribution in [0.3, 0.4) is 0 Å². The molecule has 10 nitrogen and oxygen atoms in total. The summed E-state index contributed by atoms with van der Waals surface area (Å²) in [4.78, 5) is 18.2. The molecule has 0 unspecified atom stereocenters. The number of ether oxygens (including phenoxy) is 4. The van der Waals surface area contributed by atoms with Crippen LogP contribution >= 0.6 is 34.8 Å². The second kappa shape index (κ2) is 12.4. The summed E-state index contributed by atoms with van der Waals surface area (Å²) < 4.78 is 24.1. The number of nitrogens with one attached hydrogen (secondary N) is 2. The van der Waals surface area contributed by atoms with Gasteiger partial charge >= 0.3 is 0 Å². The van der Waals surface area contributed by atoms with Gasteiger partial charge in [0.2, 0.25) is 5.95 Å². The van der Waals surface area contributed by atoms with Crippen molar-refractivity contribution in [3.05, 3.63) is 92.3 Å². The van der Waals surface area contributed by atoms with E-state index in [0.29, 0.717) is 66.5 Å². The number of nitrogens with zero attached hydrogens (tertiary/aromatic N) is 3. The number of anilines is 2. The van der Waals surface area contributed by atoms with Crippen molar-refractivity contribution in [2.24, 2.45) is 0 Å². The molecule has 218 valence electrons.